The predicted molar refractivity (Wildman–Crippen MR) is 70.6 cm³/mol. The van der Waals surface area contributed by atoms with Gasteiger partial charge in [-0.1, -0.05) is 0 Å². The van der Waals surface area contributed by atoms with Crippen molar-refractivity contribution in [3.63, 3.8) is 0 Å². The molecule has 2 heterocycles. The lowest BCUT2D eigenvalue weighted by Gasteiger charge is -2.28. The standard InChI is InChI=1S/C13H22N4O/c1-4-17-12(8-10(3)16-17)13(18)15-11-5-6-14-9(2)7-11/h8-9,11,14H,4-7H2,1-3H3,(H,15,18). The van der Waals surface area contributed by atoms with Crippen LogP contribution in [-0.4, -0.2) is 34.3 Å². The first-order valence-corrected chi connectivity index (χ1v) is 6.69. The number of aryl methyl sites for hydroxylation is 2. The second kappa shape index (κ2) is 5.52. The summed E-state index contributed by atoms with van der Waals surface area (Å²) in [6, 6.07) is 2.60. The molecule has 5 heteroatoms. The van der Waals surface area contributed by atoms with Crippen molar-refractivity contribution in [2.24, 2.45) is 0 Å². The van der Waals surface area contributed by atoms with Crippen LogP contribution in [0.5, 0.6) is 0 Å². The largest absolute Gasteiger partial charge is 0.348 e. The molecule has 0 aromatic carbocycles. The number of amides is 1. The summed E-state index contributed by atoms with van der Waals surface area (Å²) in [5.74, 6) is -0.00319. The molecule has 5 nitrogen and oxygen atoms in total. The third-order valence-corrected chi connectivity index (χ3v) is 3.39. The first-order chi connectivity index (χ1) is 8.60. The summed E-state index contributed by atoms with van der Waals surface area (Å²) in [7, 11) is 0. The Morgan fingerprint density at radius 3 is 3.11 bits per heavy atom. The monoisotopic (exact) mass is 250 g/mol. The SMILES string of the molecule is CCn1nc(C)cc1C(=O)NC1CCNC(C)C1. The molecule has 2 atom stereocenters. The Morgan fingerprint density at radius 2 is 2.44 bits per heavy atom. The smallest absolute Gasteiger partial charge is 0.269 e. The van der Waals surface area contributed by atoms with E-state index in [1.165, 1.54) is 0 Å². The van der Waals surface area contributed by atoms with Crippen molar-refractivity contribution < 1.29 is 4.79 Å². The second-order valence-electron chi connectivity index (χ2n) is 5.04. The van der Waals surface area contributed by atoms with Gasteiger partial charge in [0, 0.05) is 18.6 Å². The lowest BCUT2D eigenvalue weighted by molar-refractivity contribution is 0.0915. The van der Waals surface area contributed by atoms with Crippen molar-refractivity contribution in [3.8, 4) is 0 Å². The minimum atomic E-state index is -0.00319. The van der Waals surface area contributed by atoms with Gasteiger partial charge in [0.25, 0.3) is 5.91 Å². The fourth-order valence-corrected chi connectivity index (χ4v) is 2.49. The normalized spacial score (nSPS) is 23.9. The van der Waals surface area contributed by atoms with Crippen molar-refractivity contribution in [1.29, 1.82) is 0 Å². The van der Waals surface area contributed by atoms with E-state index in [1.54, 1.807) is 4.68 Å². The zero-order valence-electron chi connectivity index (χ0n) is 11.4. The Labute approximate surface area is 108 Å². The van der Waals surface area contributed by atoms with Crippen LogP contribution in [0.25, 0.3) is 0 Å². The highest BCUT2D eigenvalue weighted by Crippen LogP contribution is 2.10. The van der Waals surface area contributed by atoms with E-state index in [0.717, 1.165) is 31.6 Å². The molecule has 2 rings (SSSR count). The van der Waals surface area contributed by atoms with Crippen LogP contribution in [0, 0.1) is 6.92 Å². The van der Waals surface area contributed by atoms with Crippen molar-refractivity contribution in [1.82, 2.24) is 20.4 Å². The van der Waals surface area contributed by atoms with Crippen LogP contribution in [-0.2, 0) is 6.54 Å². The van der Waals surface area contributed by atoms with Crippen molar-refractivity contribution in [2.45, 2.75) is 52.2 Å². The molecule has 2 N–H and O–H groups in total. The third-order valence-electron chi connectivity index (χ3n) is 3.39. The van der Waals surface area contributed by atoms with Gasteiger partial charge in [0.2, 0.25) is 0 Å². The lowest BCUT2D eigenvalue weighted by Crippen LogP contribution is -2.46. The van der Waals surface area contributed by atoms with Crippen molar-refractivity contribution in [3.05, 3.63) is 17.5 Å². The zero-order chi connectivity index (χ0) is 13.1. The average Bonchev–Trinajstić information content (AvgIpc) is 2.70. The first kappa shape index (κ1) is 13.1. The number of nitrogens with zero attached hydrogens (tertiary/aromatic N) is 2. The zero-order valence-corrected chi connectivity index (χ0v) is 11.4. The number of hydrogen-bond donors (Lipinski definition) is 2. The van der Waals surface area contributed by atoms with E-state index in [4.69, 9.17) is 0 Å². The van der Waals surface area contributed by atoms with Crippen LogP contribution < -0.4 is 10.6 Å². The number of carbonyl (C=O) groups excluding carboxylic acids is 1. The van der Waals surface area contributed by atoms with Gasteiger partial charge >= 0.3 is 0 Å². The topological polar surface area (TPSA) is 59.0 Å². The quantitative estimate of drug-likeness (QED) is 0.844. The molecule has 0 bridgehead atoms. The van der Waals surface area contributed by atoms with Gasteiger partial charge in [-0.25, -0.2) is 0 Å². The lowest BCUT2D eigenvalue weighted by atomic mass is 10.0. The second-order valence-corrected chi connectivity index (χ2v) is 5.04. The molecule has 18 heavy (non-hydrogen) atoms. The summed E-state index contributed by atoms with van der Waals surface area (Å²) >= 11 is 0. The van der Waals surface area contributed by atoms with Crippen LogP contribution in [0.4, 0.5) is 0 Å². The summed E-state index contributed by atoms with van der Waals surface area (Å²) in [6.07, 6.45) is 1.99. The third kappa shape index (κ3) is 2.90. The van der Waals surface area contributed by atoms with Gasteiger partial charge in [-0.2, -0.15) is 5.10 Å². The van der Waals surface area contributed by atoms with E-state index in [0.29, 0.717) is 11.7 Å². The Hall–Kier alpha value is -1.36. The van der Waals surface area contributed by atoms with E-state index in [-0.39, 0.29) is 11.9 Å². The number of aromatic nitrogens is 2. The molecule has 1 aliphatic rings. The van der Waals surface area contributed by atoms with Gasteiger partial charge in [0.15, 0.2) is 0 Å². The maximum atomic E-state index is 12.2. The summed E-state index contributed by atoms with van der Waals surface area (Å²) in [6.45, 7) is 7.75. The van der Waals surface area contributed by atoms with Gasteiger partial charge in [0.05, 0.1) is 5.69 Å². The Balaban J connectivity index is 2.02. The molecular weight excluding hydrogens is 228 g/mol. The van der Waals surface area contributed by atoms with Gasteiger partial charge in [0.1, 0.15) is 5.69 Å². The Morgan fingerprint density at radius 1 is 1.67 bits per heavy atom. The van der Waals surface area contributed by atoms with Crippen LogP contribution in [0.1, 0.15) is 42.9 Å². The van der Waals surface area contributed by atoms with E-state index < -0.39 is 0 Å². The Kier molecular flexibility index (Phi) is 4.01. The minimum absolute atomic E-state index is 0.00319. The molecule has 1 aromatic heterocycles. The fraction of sp³-hybridized carbons (Fsp3) is 0.692. The van der Waals surface area contributed by atoms with E-state index in [2.05, 4.69) is 22.7 Å². The molecule has 0 aliphatic carbocycles. The van der Waals surface area contributed by atoms with E-state index >= 15 is 0 Å². The van der Waals surface area contributed by atoms with Gasteiger partial charge in [-0.15, -0.1) is 0 Å². The highest BCUT2D eigenvalue weighted by atomic mass is 16.2. The van der Waals surface area contributed by atoms with Crippen LogP contribution in [0.2, 0.25) is 0 Å². The van der Waals surface area contributed by atoms with Gasteiger partial charge in [-0.3, -0.25) is 9.48 Å². The molecule has 1 fully saturated rings. The molecule has 1 saturated heterocycles. The molecule has 100 valence electrons. The van der Waals surface area contributed by atoms with Crippen molar-refractivity contribution >= 4 is 5.91 Å². The van der Waals surface area contributed by atoms with Crippen LogP contribution >= 0.6 is 0 Å². The number of hydrogen-bond acceptors (Lipinski definition) is 3. The molecule has 2 unspecified atom stereocenters. The maximum absolute atomic E-state index is 12.2. The summed E-state index contributed by atoms with van der Waals surface area (Å²) in [5.41, 5.74) is 1.56. The van der Waals surface area contributed by atoms with Gasteiger partial charge < -0.3 is 10.6 Å². The molecule has 1 amide bonds. The number of rotatable bonds is 3. The molecule has 0 spiro atoms. The van der Waals surface area contributed by atoms with E-state index in [9.17, 15) is 4.79 Å². The van der Waals surface area contributed by atoms with E-state index in [1.807, 2.05) is 19.9 Å². The molecule has 1 aliphatic heterocycles. The maximum Gasteiger partial charge on any atom is 0.269 e. The molecular formula is C13H22N4O. The average molecular weight is 250 g/mol. The van der Waals surface area contributed by atoms with Crippen LogP contribution in [0.15, 0.2) is 6.07 Å². The highest BCUT2D eigenvalue weighted by Gasteiger charge is 2.22. The fourth-order valence-electron chi connectivity index (χ4n) is 2.49. The molecule has 0 radical (unpaired) electrons. The number of piperidine rings is 1. The summed E-state index contributed by atoms with van der Waals surface area (Å²) in [5, 5.41) is 10.8. The number of nitrogens with one attached hydrogen (secondary N) is 2. The summed E-state index contributed by atoms with van der Waals surface area (Å²) in [4.78, 5) is 12.2. The highest BCUT2D eigenvalue weighted by molar-refractivity contribution is 5.92. The minimum Gasteiger partial charge on any atom is -0.348 e. The molecule has 1 aromatic rings. The first-order valence-electron chi connectivity index (χ1n) is 6.69. The van der Waals surface area contributed by atoms with Crippen molar-refractivity contribution in [2.75, 3.05) is 6.54 Å². The molecule has 0 saturated carbocycles. The van der Waals surface area contributed by atoms with Gasteiger partial charge in [-0.05, 0) is 46.2 Å². The number of carbonyl (C=O) groups is 1. The van der Waals surface area contributed by atoms with Crippen LogP contribution in [0.3, 0.4) is 0 Å². The Bertz CT molecular complexity index is 427. The predicted octanol–water partition coefficient (Wildman–Crippen LogP) is 1.08. The summed E-state index contributed by atoms with van der Waals surface area (Å²) < 4.78 is 1.76.